The van der Waals surface area contributed by atoms with E-state index in [9.17, 15) is 4.79 Å². The summed E-state index contributed by atoms with van der Waals surface area (Å²) in [6.45, 7) is 0.898. The monoisotopic (exact) mass is 352 g/mol. The zero-order valence-corrected chi connectivity index (χ0v) is 15.9. The first-order valence-corrected chi connectivity index (χ1v) is 9.24. The first-order valence-electron chi connectivity index (χ1n) is 9.24. The van der Waals surface area contributed by atoms with E-state index in [1.807, 2.05) is 32.3 Å². The maximum absolute atomic E-state index is 12.9. The van der Waals surface area contributed by atoms with E-state index in [4.69, 9.17) is 4.74 Å². The Bertz CT molecular complexity index is 764. The Hall–Kier alpha value is -2.33. The van der Waals surface area contributed by atoms with Crippen LogP contribution in [0.15, 0.2) is 48.5 Å². The number of methoxy groups -OCH3 is 1. The molecule has 0 aromatic heterocycles. The molecule has 1 aliphatic rings. The highest BCUT2D eigenvalue weighted by Gasteiger charge is 2.40. The lowest BCUT2D eigenvalue weighted by molar-refractivity contribution is -0.136. The predicted molar refractivity (Wildman–Crippen MR) is 105 cm³/mol. The lowest BCUT2D eigenvalue weighted by Crippen LogP contribution is -2.60. The second kappa shape index (κ2) is 7.92. The molecule has 2 aromatic carbocycles. The second-order valence-corrected chi connectivity index (χ2v) is 7.27. The summed E-state index contributed by atoms with van der Waals surface area (Å²) in [5, 5.41) is 3.53. The van der Waals surface area contributed by atoms with Crippen LogP contribution >= 0.6 is 0 Å². The molecule has 0 radical (unpaired) electrons. The molecule has 4 heteroatoms. The van der Waals surface area contributed by atoms with Crippen LogP contribution in [0.4, 0.5) is 0 Å². The Balaban J connectivity index is 1.90. The van der Waals surface area contributed by atoms with Gasteiger partial charge in [-0.3, -0.25) is 4.79 Å². The predicted octanol–water partition coefficient (Wildman–Crippen LogP) is 3.51. The SMILES string of the molecule is COc1cccc(-c2cccc(CC3(C(=O)N(C)C)CCCCN3)c2)c1. The topological polar surface area (TPSA) is 41.6 Å². The number of ether oxygens (including phenoxy) is 1. The van der Waals surface area contributed by atoms with Gasteiger partial charge in [0.05, 0.1) is 7.11 Å². The molecule has 1 saturated heterocycles. The number of hydrogen-bond donors (Lipinski definition) is 1. The number of hydrogen-bond acceptors (Lipinski definition) is 3. The molecule has 26 heavy (non-hydrogen) atoms. The minimum Gasteiger partial charge on any atom is -0.497 e. The molecule has 1 atom stereocenters. The summed E-state index contributed by atoms with van der Waals surface area (Å²) < 4.78 is 5.34. The third-order valence-corrected chi connectivity index (χ3v) is 5.15. The third-order valence-electron chi connectivity index (χ3n) is 5.15. The minimum atomic E-state index is -0.491. The summed E-state index contributed by atoms with van der Waals surface area (Å²) in [5.74, 6) is 1.02. The van der Waals surface area contributed by atoms with Crippen molar-refractivity contribution in [3.05, 3.63) is 54.1 Å². The zero-order valence-electron chi connectivity index (χ0n) is 15.9. The van der Waals surface area contributed by atoms with Crippen molar-refractivity contribution in [3.8, 4) is 16.9 Å². The number of benzene rings is 2. The number of nitrogens with one attached hydrogen (secondary N) is 1. The molecule has 1 unspecified atom stereocenters. The Morgan fingerprint density at radius 3 is 2.50 bits per heavy atom. The van der Waals surface area contributed by atoms with Crippen molar-refractivity contribution in [2.24, 2.45) is 0 Å². The van der Waals surface area contributed by atoms with Crippen LogP contribution in [0.5, 0.6) is 5.75 Å². The van der Waals surface area contributed by atoms with Gasteiger partial charge in [0.2, 0.25) is 5.91 Å². The fourth-order valence-corrected chi connectivity index (χ4v) is 3.82. The van der Waals surface area contributed by atoms with E-state index in [0.29, 0.717) is 6.42 Å². The molecule has 1 aliphatic heterocycles. The minimum absolute atomic E-state index is 0.170. The van der Waals surface area contributed by atoms with Crippen LogP contribution in [0.25, 0.3) is 11.1 Å². The van der Waals surface area contributed by atoms with Gasteiger partial charge in [-0.25, -0.2) is 0 Å². The Morgan fingerprint density at radius 2 is 1.85 bits per heavy atom. The molecule has 1 N–H and O–H groups in total. The Labute approximate surface area is 156 Å². The molecular weight excluding hydrogens is 324 g/mol. The standard InChI is InChI=1S/C22H28N2O2/c1-24(2)21(25)22(12-4-5-13-23-22)16-17-8-6-9-18(14-17)19-10-7-11-20(15-19)26-3/h6-11,14-15,23H,4-5,12-13,16H2,1-3H3. The molecule has 0 spiro atoms. The number of rotatable bonds is 5. The maximum atomic E-state index is 12.9. The van der Waals surface area contributed by atoms with Crippen LogP contribution in [-0.2, 0) is 11.2 Å². The fraction of sp³-hybridized carbons (Fsp3) is 0.409. The highest BCUT2D eigenvalue weighted by Crippen LogP contribution is 2.29. The van der Waals surface area contributed by atoms with Crippen LogP contribution in [0.2, 0.25) is 0 Å². The van der Waals surface area contributed by atoms with Crippen LogP contribution in [0.1, 0.15) is 24.8 Å². The molecule has 2 aromatic rings. The number of nitrogens with zero attached hydrogens (tertiary/aromatic N) is 1. The molecule has 1 heterocycles. The first kappa shape index (κ1) is 18.5. The van der Waals surface area contributed by atoms with Crippen molar-refractivity contribution in [2.45, 2.75) is 31.2 Å². The van der Waals surface area contributed by atoms with E-state index in [-0.39, 0.29) is 5.91 Å². The summed E-state index contributed by atoms with van der Waals surface area (Å²) >= 11 is 0. The Kier molecular flexibility index (Phi) is 5.62. The largest absolute Gasteiger partial charge is 0.497 e. The van der Waals surface area contributed by atoms with E-state index in [1.54, 1.807) is 12.0 Å². The molecule has 1 amide bonds. The van der Waals surface area contributed by atoms with Crippen LogP contribution < -0.4 is 10.1 Å². The highest BCUT2D eigenvalue weighted by molar-refractivity contribution is 5.86. The van der Waals surface area contributed by atoms with Crippen molar-refractivity contribution in [3.63, 3.8) is 0 Å². The maximum Gasteiger partial charge on any atom is 0.242 e. The summed E-state index contributed by atoms with van der Waals surface area (Å²) in [6.07, 6.45) is 3.81. The number of amides is 1. The van der Waals surface area contributed by atoms with Gasteiger partial charge in [0.15, 0.2) is 0 Å². The van der Waals surface area contributed by atoms with Crippen molar-refractivity contribution < 1.29 is 9.53 Å². The van der Waals surface area contributed by atoms with Gasteiger partial charge in [0, 0.05) is 14.1 Å². The molecule has 0 bridgehead atoms. The summed E-state index contributed by atoms with van der Waals surface area (Å²) in [4.78, 5) is 14.6. The molecule has 0 saturated carbocycles. The molecular formula is C22H28N2O2. The first-order chi connectivity index (χ1) is 12.5. The van der Waals surface area contributed by atoms with Crippen molar-refractivity contribution in [2.75, 3.05) is 27.7 Å². The van der Waals surface area contributed by atoms with Crippen LogP contribution in [0, 0.1) is 0 Å². The number of carbonyl (C=O) groups is 1. The smallest absolute Gasteiger partial charge is 0.242 e. The van der Waals surface area contributed by atoms with E-state index >= 15 is 0 Å². The average Bonchev–Trinajstić information content (AvgIpc) is 2.68. The van der Waals surface area contributed by atoms with Gasteiger partial charge in [-0.1, -0.05) is 36.4 Å². The van der Waals surface area contributed by atoms with Crippen LogP contribution in [0.3, 0.4) is 0 Å². The fourth-order valence-electron chi connectivity index (χ4n) is 3.82. The highest BCUT2D eigenvalue weighted by atomic mass is 16.5. The molecule has 0 aliphatic carbocycles. The average molecular weight is 352 g/mol. The molecule has 138 valence electrons. The summed E-state index contributed by atoms with van der Waals surface area (Å²) in [7, 11) is 5.36. The second-order valence-electron chi connectivity index (χ2n) is 7.27. The van der Waals surface area contributed by atoms with E-state index in [1.165, 1.54) is 5.56 Å². The van der Waals surface area contributed by atoms with Crippen LogP contribution in [-0.4, -0.2) is 44.1 Å². The van der Waals surface area contributed by atoms with Gasteiger partial charge < -0.3 is 15.0 Å². The number of likely N-dealkylation sites (N-methyl/N-ethyl adjacent to an activating group) is 1. The van der Waals surface area contributed by atoms with Crippen molar-refractivity contribution >= 4 is 5.91 Å². The van der Waals surface area contributed by atoms with E-state index in [2.05, 4.69) is 35.6 Å². The molecule has 4 nitrogen and oxygen atoms in total. The zero-order chi connectivity index (χ0) is 18.6. The Morgan fingerprint density at radius 1 is 1.12 bits per heavy atom. The number of piperidine rings is 1. The van der Waals surface area contributed by atoms with Crippen molar-refractivity contribution in [1.82, 2.24) is 10.2 Å². The van der Waals surface area contributed by atoms with E-state index < -0.39 is 5.54 Å². The third kappa shape index (κ3) is 3.91. The summed E-state index contributed by atoms with van der Waals surface area (Å²) in [5.41, 5.74) is 2.95. The summed E-state index contributed by atoms with van der Waals surface area (Å²) in [6, 6.07) is 16.6. The lowest BCUT2D eigenvalue weighted by Gasteiger charge is -2.39. The van der Waals surface area contributed by atoms with Gasteiger partial charge in [-0.15, -0.1) is 0 Å². The molecule has 1 fully saturated rings. The van der Waals surface area contributed by atoms with Gasteiger partial charge in [0.25, 0.3) is 0 Å². The van der Waals surface area contributed by atoms with Gasteiger partial charge in [-0.05, 0) is 61.1 Å². The quantitative estimate of drug-likeness (QED) is 0.895. The molecule has 3 rings (SSSR count). The normalized spacial score (nSPS) is 19.8. The van der Waals surface area contributed by atoms with Gasteiger partial charge >= 0.3 is 0 Å². The van der Waals surface area contributed by atoms with Crippen molar-refractivity contribution in [1.29, 1.82) is 0 Å². The van der Waals surface area contributed by atoms with Gasteiger partial charge in [-0.2, -0.15) is 0 Å². The van der Waals surface area contributed by atoms with E-state index in [0.717, 1.165) is 42.7 Å². The lowest BCUT2D eigenvalue weighted by atomic mass is 9.81. The number of carbonyl (C=O) groups excluding carboxylic acids is 1. The van der Waals surface area contributed by atoms with Gasteiger partial charge in [0.1, 0.15) is 11.3 Å².